The number of aromatic nitrogens is 2. The molecule has 0 spiro atoms. The lowest BCUT2D eigenvalue weighted by Crippen LogP contribution is -2.25. The first-order valence-corrected chi connectivity index (χ1v) is 7.36. The Morgan fingerprint density at radius 2 is 2.50 bits per heavy atom. The van der Waals surface area contributed by atoms with Crippen molar-refractivity contribution in [2.45, 2.75) is 17.7 Å². The van der Waals surface area contributed by atoms with Crippen LogP contribution in [0.15, 0.2) is 4.34 Å². The average molecular weight is 259 g/mol. The third-order valence-corrected chi connectivity index (χ3v) is 4.44. The molecule has 0 saturated carbocycles. The van der Waals surface area contributed by atoms with Crippen molar-refractivity contribution in [1.29, 1.82) is 0 Å². The Kier molecular flexibility index (Phi) is 5.02. The maximum atomic E-state index is 5.32. The highest BCUT2D eigenvalue weighted by atomic mass is 32.2. The van der Waals surface area contributed by atoms with Gasteiger partial charge in [-0.3, -0.25) is 0 Å². The van der Waals surface area contributed by atoms with E-state index in [-0.39, 0.29) is 0 Å². The van der Waals surface area contributed by atoms with Crippen molar-refractivity contribution in [3.8, 4) is 0 Å². The zero-order valence-corrected chi connectivity index (χ0v) is 11.1. The van der Waals surface area contributed by atoms with Crippen molar-refractivity contribution < 1.29 is 4.74 Å². The van der Waals surface area contributed by atoms with Gasteiger partial charge in [-0.05, 0) is 19.3 Å². The van der Waals surface area contributed by atoms with E-state index in [0.29, 0.717) is 5.92 Å². The number of nitrogens with zero attached hydrogens (tertiary/aromatic N) is 2. The average Bonchev–Trinajstić information content (AvgIpc) is 2.89. The predicted molar refractivity (Wildman–Crippen MR) is 67.2 cm³/mol. The van der Waals surface area contributed by atoms with E-state index in [1.54, 1.807) is 23.1 Å². The van der Waals surface area contributed by atoms with Crippen LogP contribution in [0.25, 0.3) is 0 Å². The van der Waals surface area contributed by atoms with Gasteiger partial charge in [-0.2, -0.15) is 0 Å². The molecule has 2 heterocycles. The first-order chi connectivity index (χ1) is 7.84. The highest BCUT2D eigenvalue weighted by molar-refractivity contribution is 8.01. The van der Waals surface area contributed by atoms with Crippen molar-refractivity contribution in [3.63, 3.8) is 0 Å². The van der Waals surface area contributed by atoms with Gasteiger partial charge in [-0.1, -0.05) is 23.1 Å². The fourth-order valence-corrected chi connectivity index (χ4v) is 3.38. The number of hydrogen-bond acceptors (Lipinski definition) is 6. The molecule has 0 radical (unpaired) electrons. The van der Waals surface area contributed by atoms with Crippen molar-refractivity contribution in [3.05, 3.63) is 5.01 Å². The minimum absolute atomic E-state index is 0.716. The Balaban J connectivity index is 1.51. The molecule has 1 aliphatic rings. The first kappa shape index (κ1) is 12.3. The highest BCUT2D eigenvalue weighted by Gasteiger charge is 2.14. The molecule has 16 heavy (non-hydrogen) atoms. The van der Waals surface area contributed by atoms with Crippen LogP contribution >= 0.6 is 23.1 Å². The van der Waals surface area contributed by atoms with Gasteiger partial charge >= 0.3 is 0 Å². The quantitative estimate of drug-likeness (QED) is 0.620. The Bertz CT molecular complexity index is 313. The summed E-state index contributed by atoms with van der Waals surface area (Å²) >= 11 is 3.44. The second kappa shape index (κ2) is 6.54. The van der Waals surface area contributed by atoms with Gasteiger partial charge in [0.15, 0.2) is 4.34 Å². The van der Waals surface area contributed by atoms with Gasteiger partial charge in [0.25, 0.3) is 0 Å². The molecule has 4 nitrogen and oxygen atoms in total. The molecule has 1 N–H and O–H groups in total. The van der Waals surface area contributed by atoms with Crippen LogP contribution in [0.3, 0.4) is 0 Å². The van der Waals surface area contributed by atoms with E-state index < -0.39 is 0 Å². The molecule has 1 unspecified atom stereocenters. The van der Waals surface area contributed by atoms with Crippen LogP contribution in [0.1, 0.15) is 11.4 Å². The largest absolute Gasteiger partial charge is 0.381 e. The molecule has 1 aliphatic heterocycles. The van der Waals surface area contributed by atoms with E-state index in [1.165, 1.54) is 6.42 Å². The summed E-state index contributed by atoms with van der Waals surface area (Å²) in [5.74, 6) is 1.77. The number of aryl methyl sites for hydroxylation is 1. The molecule has 1 aromatic rings. The monoisotopic (exact) mass is 259 g/mol. The Labute approximate surface area is 104 Å². The standard InChI is InChI=1S/C10H17N3OS2/c1-8-12-13-10(16-8)15-5-3-11-6-9-2-4-14-7-9/h9,11H,2-7H2,1H3. The third-order valence-electron chi connectivity index (χ3n) is 2.47. The molecule has 1 saturated heterocycles. The summed E-state index contributed by atoms with van der Waals surface area (Å²) in [7, 11) is 0. The molecule has 0 bridgehead atoms. The SMILES string of the molecule is Cc1nnc(SCCNCC2CCOC2)s1. The van der Waals surface area contributed by atoms with E-state index in [2.05, 4.69) is 15.5 Å². The van der Waals surface area contributed by atoms with Crippen LogP contribution in [-0.2, 0) is 4.74 Å². The van der Waals surface area contributed by atoms with E-state index in [9.17, 15) is 0 Å². The van der Waals surface area contributed by atoms with Crippen LogP contribution < -0.4 is 5.32 Å². The van der Waals surface area contributed by atoms with Crippen molar-refractivity contribution >= 4 is 23.1 Å². The molecule has 0 amide bonds. The molecular weight excluding hydrogens is 242 g/mol. The fourth-order valence-electron chi connectivity index (χ4n) is 1.60. The zero-order valence-electron chi connectivity index (χ0n) is 9.44. The summed E-state index contributed by atoms with van der Waals surface area (Å²) < 4.78 is 6.40. The molecule has 2 rings (SSSR count). The molecule has 6 heteroatoms. The molecule has 1 fully saturated rings. The maximum absolute atomic E-state index is 5.32. The van der Waals surface area contributed by atoms with Crippen molar-refractivity contribution in [2.75, 3.05) is 32.1 Å². The molecular formula is C10H17N3OS2. The Morgan fingerprint density at radius 1 is 1.56 bits per heavy atom. The predicted octanol–water partition coefficient (Wildman–Crippen LogP) is 1.56. The minimum Gasteiger partial charge on any atom is -0.381 e. The molecule has 90 valence electrons. The number of ether oxygens (including phenoxy) is 1. The van der Waals surface area contributed by atoms with Crippen LogP contribution in [0.5, 0.6) is 0 Å². The summed E-state index contributed by atoms with van der Waals surface area (Å²) in [5.41, 5.74) is 0. The second-order valence-corrected chi connectivity index (χ2v) is 6.39. The molecule has 0 aromatic carbocycles. The van der Waals surface area contributed by atoms with Gasteiger partial charge in [0.1, 0.15) is 5.01 Å². The summed E-state index contributed by atoms with van der Waals surface area (Å²) in [4.78, 5) is 0. The van der Waals surface area contributed by atoms with Crippen LogP contribution in [-0.4, -0.2) is 42.3 Å². The van der Waals surface area contributed by atoms with Crippen LogP contribution in [0, 0.1) is 12.8 Å². The summed E-state index contributed by atoms with van der Waals surface area (Å²) in [6.45, 7) is 5.95. The van der Waals surface area contributed by atoms with Crippen molar-refractivity contribution in [1.82, 2.24) is 15.5 Å². The lowest BCUT2D eigenvalue weighted by Gasteiger charge is -2.08. The fraction of sp³-hybridized carbons (Fsp3) is 0.800. The van der Waals surface area contributed by atoms with E-state index in [0.717, 1.165) is 41.4 Å². The summed E-state index contributed by atoms with van der Waals surface area (Å²) in [5, 5.41) is 12.6. The second-order valence-electron chi connectivity index (χ2n) is 3.87. The van der Waals surface area contributed by atoms with Gasteiger partial charge in [-0.25, -0.2) is 0 Å². The van der Waals surface area contributed by atoms with Gasteiger partial charge in [0.2, 0.25) is 0 Å². The molecule has 0 aliphatic carbocycles. The maximum Gasteiger partial charge on any atom is 0.174 e. The lowest BCUT2D eigenvalue weighted by atomic mass is 10.1. The van der Waals surface area contributed by atoms with Gasteiger partial charge < -0.3 is 10.1 Å². The van der Waals surface area contributed by atoms with Crippen LogP contribution in [0.2, 0.25) is 0 Å². The van der Waals surface area contributed by atoms with Gasteiger partial charge in [0, 0.05) is 25.4 Å². The summed E-state index contributed by atoms with van der Waals surface area (Å²) in [6, 6.07) is 0. The third kappa shape index (κ3) is 4.01. The molecule has 1 aromatic heterocycles. The summed E-state index contributed by atoms with van der Waals surface area (Å²) in [6.07, 6.45) is 1.20. The normalized spacial score (nSPS) is 20.4. The smallest absolute Gasteiger partial charge is 0.174 e. The van der Waals surface area contributed by atoms with Crippen LogP contribution in [0.4, 0.5) is 0 Å². The van der Waals surface area contributed by atoms with Gasteiger partial charge in [-0.15, -0.1) is 10.2 Å². The number of thioether (sulfide) groups is 1. The number of nitrogens with one attached hydrogen (secondary N) is 1. The van der Waals surface area contributed by atoms with Crippen molar-refractivity contribution in [2.24, 2.45) is 5.92 Å². The topological polar surface area (TPSA) is 47.0 Å². The Hall–Kier alpha value is -0.170. The number of hydrogen-bond donors (Lipinski definition) is 1. The first-order valence-electron chi connectivity index (χ1n) is 5.56. The van der Waals surface area contributed by atoms with E-state index in [4.69, 9.17) is 4.74 Å². The highest BCUT2D eigenvalue weighted by Crippen LogP contribution is 2.21. The lowest BCUT2D eigenvalue weighted by molar-refractivity contribution is 0.185. The Morgan fingerprint density at radius 3 is 3.19 bits per heavy atom. The zero-order chi connectivity index (χ0) is 11.2. The number of rotatable bonds is 6. The van der Waals surface area contributed by atoms with E-state index in [1.807, 2.05) is 6.92 Å². The minimum atomic E-state index is 0.716. The molecule has 1 atom stereocenters. The van der Waals surface area contributed by atoms with E-state index >= 15 is 0 Å². The van der Waals surface area contributed by atoms with Gasteiger partial charge in [0.05, 0.1) is 6.61 Å².